The first-order valence-electron chi connectivity index (χ1n) is 6.34. The molecule has 0 aromatic heterocycles. The summed E-state index contributed by atoms with van der Waals surface area (Å²) in [5.74, 6) is 0. The topological polar surface area (TPSA) is 12.5 Å². The van der Waals surface area contributed by atoms with Crippen LogP contribution in [0.15, 0.2) is 30.3 Å². The fourth-order valence-electron chi connectivity index (χ4n) is 3.42. The molecule has 1 aromatic carbocycles. The summed E-state index contributed by atoms with van der Waals surface area (Å²) in [5, 5.41) is 0. The molecule has 3 heteroatoms. The maximum Gasteiger partial charge on any atom is 0.115 e. The third kappa shape index (κ3) is 1.44. The zero-order chi connectivity index (χ0) is 12.1. The summed E-state index contributed by atoms with van der Waals surface area (Å²) < 4.78 is 8.99. The quantitative estimate of drug-likeness (QED) is 0.703. The predicted molar refractivity (Wildman–Crippen MR) is 72.1 cm³/mol. The normalized spacial score (nSPS) is 41.7. The number of hydrogen-bond donors (Lipinski definition) is 0. The Balaban J connectivity index is 2.08. The van der Waals surface area contributed by atoms with Crippen molar-refractivity contribution in [2.24, 2.45) is 0 Å². The second-order valence-corrected chi connectivity index (χ2v) is 7.05. The van der Waals surface area contributed by atoms with E-state index in [-0.39, 0.29) is 11.1 Å². The highest BCUT2D eigenvalue weighted by Gasteiger charge is 2.60. The van der Waals surface area contributed by atoms with Gasteiger partial charge in [0.15, 0.2) is 0 Å². The Kier molecular flexibility index (Phi) is 2.59. The molecule has 0 bridgehead atoms. The SMILES string of the molecule is CP1O[C@](C)(c2ccccc2)C2(C)CCCN12. The predicted octanol–water partition coefficient (Wildman–Crippen LogP) is 3.73. The van der Waals surface area contributed by atoms with Crippen molar-refractivity contribution in [3.63, 3.8) is 0 Å². The largest absolute Gasteiger partial charge is 0.331 e. The van der Waals surface area contributed by atoms with Gasteiger partial charge in [0.1, 0.15) is 13.9 Å². The van der Waals surface area contributed by atoms with E-state index >= 15 is 0 Å². The van der Waals surface area contributed by atoms with Gasteiger partial charge in [-0.05, 0) is 38.9 Å². The molecule has 3 atom stereocenters. The Labute approximate surface area is 105 Å². The fraction of sp³-hybridized carbons (Fsp3) is 0.571. The summed E-state index contributed by atoms with van der Waals surface area (Å²) >= 11 is 0. The lowest BCUT2D eigenvalue weighted by Gasteiger charge is -2.39. The average Bonchev–Trinajstić information content (AvgIpc) is 2.80. The van der Waals surface area contributed by atoms with Crippen molar-refractivity contribution in [2.75, 3.05) is 13.2 Å². The molecule has 0 spiro atoms. The van der Waals surface area contributed by atoms with Gasteiger partial charge in [-0.2, -0.15) is 0 Å². The van der Waals surface area contributed by atoms with E-state index in [0.717, 1.165) is 0 Å². The molecule has 0 aliphatic carbocycles. The standard InChI is InChI=1S/C14H20NOP/c1-13-10-7-11-15(13)17(3)16-14(13,2)12-8-5-4-6-9-12/h4-6,8-9H,7,10-11H2,1-3H3/t13?,14-,17?/m1/s1. The minimum atomic E-state index is -0.432. The fourth-order valence-corrected chi connectivity index (χ4v) is 5.68. The number of fused-ring (bicyclic) bond motifs is 1. The van der Waals surface area contributed by atoms with Crippen molar-refractivity contribution < 1.29 is 4.52 Å². The maximum absolute atomic E-state index is 6.40. The number of nitrogens with zero attached hydrogens (tertiary/aromatic N) is 1. The minimum Gasteiger partial charge on any atom is -0.331 e. The Bertz CT molecular complexity index is 423. The zero-order valence-electron chi connectivity index (χ0n) is 10.8. The monoisotopic (exact) mass is 249 g/mol. The molecule has 2 nitrogen and oxygen atoms in total. The van der Waals surface area contributed by atoms with Crippen molar-refractivity contribution in [3.8, 4) is 0 Å². The summed E-state index contributed by atoms with van der Waals surface area (Å²) in [4.78, 5) is 0. The van der Waals surface area contributed by atoms with Gasteiger partial charge < -0.3 is 4.52 Å². The van der Waals surface area contributed by atoms with Crippen molar-refractivity contribution in [2.45, 2.75) is 37.8 Å². The smallest absolute Gasteiger partial charge is 0.115 e. The lowest BCUT2D eigenvalue weighted by Crippen LogP contribution is -2.48. The lowest BCUT2D eigenvalue weighted by atomic mass is 9.76. The van der Waals surface area contributed by atoms with Gasteiger partial charge in [0.05, 0.1) is 5.54 Å². The van der Waals surface area contributed by atoms with E-state index in [9.17, 15) is 0 Å². The molecule has 0 N–H and O–H groups in total. The zero-order valence-corrected chi connectivity index (χ0v) is 11.7. The van der Waals surface area contributed by atoms with Gasteiger partial charge in [-0.25, -0.2) is 0 Å². The van der Waals surface area contributed by atoms with Gasteiger partial charge in [-0.15, -0.1) is 0 Å². The third-order valence-corrected chi connectivity index (χ3v) is 6.56. The molecule has 0 amide bonds. The van der Waals surface area contributed by atoms with Crippen LogP contribution in [0.5, 0.6) is 0 Å². The Morgan fingerprint density at radius 3 is 2.65 bits per heavy atom. The molecule has 92 valence electrons. The summed E-state index contributed by atoms with van der Waals surface area (Å²) in [6.07, 6.45) is 2.54. The molecule has 2 heterocycles. The highest BCUT2D eigenvalue weighted by Crippen LogP contribution is 2.65. The molecular formula is C14H20NOP. The van der Waals surface area contributed by atoms with Gasteiger partial charge in [0, 0.05) is 6.54 Å². The van der Waals surface area contributed by atoms with Gasteiger partial charge in [-0.3, -0.25) is 4.67 Å². The minimum absolute atomic E-state index is 0.148. The van der Waals surface area contributed by atoms with Crippen LogP contribution in [0.1, 0.15) is 32.3 Å². The van der Waals surface area contributed by atoms with E-state index in [2.05, 4.69) is 55.5 Å². The van der Waals surface area contributed by atoms with Crippen LogP contribution in [0.4, 0.5) is 0 Å². The molecule has 2 unspecified atom stereocenters. The van der Waals surface area contributed by atoms with Gasteiger partial charge in [-0.1, -0.05) is 30.3 Å². The van der Waals surface area contributed by atoms with E-state index in [1.807, 2.05) is 0 Å². The molecule has 3 rings (SSSR count). The Hall–Kier alpha value is -0.430. The van der Waals surface area contributed by atoms with Crippen molar-refractivity contribution in [3.05, 3.63) is 35.9 Å². The van der Waals surface area contributed by atoms with Crippen LogP contribution in [0.25, 0.3) is 0 Å². The molecule has 2 aliphatic rings. The van der Waals surface area contributed by atoms with E-state index in [0.29, 0.717) is 0 Å². The first kappa shape index (κ1) is 11.6. The highest BCUT2D eigenvalue weighted by molar-refractivity contribution is 7.49. The Morgan fingerprint density at radius 1 is 1.24 bits per heavy atom. The first-order valence-corrected chi connectivity index (χ1v) is 8.00. The van der Waals surface area contributed by atoms with Crippen LogP contribution in [0.2, 0.25) is 0 Å². The molecule has 2 fully saturated rings. The molecule has 17 heavy (non-hydrogen) atoms. The summed E-state index contributed by atoms with van der Waals surface area (Å²) in [5.41, 5.74) is 1.35. The Morgan fingerprint density at radius 2 is 1.94 bits per heavy atom. The molecule has 2 aliphatic heterocycles. The first-order chi connectivity index (χ1) is 8.08. The number of rotatable bonds is 1. The lowest BCUT2D eigenvalue weighted by molar-refractivity contribution is 0.0279. The van der Waals surface area contributed by atoms with Crippen LogP contribution in [-0.2, 0) is 10.1 Å². The molecular weight excluding hydrogens is 229 g/mol. The molecule has 1 aromatic rings. The van der Waals surface area contributed by atoms with E-state index in [1.54, 1.807) is 0 Å². The van der Waals surface area contributed by atoms with Crippen molar-refractivity contribution >= 4 is 8.30 Å². The van der Waals surface area contributed by atoms with E-state index in [1.165, 1.54) is 24.9 Å². The van der Waals surface area contributed by atoms with Crippen molar-refractivity contribution in [1.29, 1.82) is 0 Å². The molecule has 0 radical (unpaired) electrons. The second-order valence-electron chi connectivity index (χ2n) is 5.46. The van der Waals surface area contributed by atoms with Crippen LogP contribution < -0.4 is 0 Å². The maximum atomic E-state index is 6.40. The van der Waals surface area contributed by atoms with Gasteiger partial charge >= 0.3 is 0 Å². The number of hydrogen-bond acceptors (Lipinski definition) is 2. The van der Waals surface area contributed by atoms with Crippen LogP contribution in [0, 0.1) is 0 Å². The van der Waals surface area contributed by atoms with Crippen LogP contribution >= 0.6 is 8.30 Å². The summed E-state index contributed by atoms with van der Waals surface area (Å²) in [6, 6.07) is 10.7. The van der Waals surface area contributed by atoms with E-state index < -0.39 is 8.30 Å². The highest BCUT2D eigenvalue weighted by atomic mass is 31.2. The summed E-state index contributed by atoms with van der Waals surface area (Å²) in [6.45, 7) is 8.08. The van der Waals surface area contributed by atoms with Crippen molar-refractivity contribution in [1.82, 2.24) is 4.67 Å². The van der Waals surface area contributed by atoms with Gasteiger partial charge in [0.25, 0.3) is 0 Å². The summed E-state index contributed by atoms with van der Waals surface area (Å²) in [7, 11) is -0.432. The van der Waals surface area contributed by atoms with E-state index in [4.69, 9.17) is 4.52 Å². The number of benzene rings is 1. The van der Waals surface area contributed by atoms with Gasteiger partial charge in [0.2, 0.25) is 0 Å². The third-order valence-electron chi connectivity index (χ3n) is 4.61. The second kappa shape index (κ2) is 3.78. The van der Waals surface area contributed by atoms with Crippen LogP contribution in [-0.4, -0.2) is 23.4 Å². The molecule has 0 saturated carbocycles. The van der Waals surface area contributed by atoms with Crippen LogP contribution in [0.3, 0.4) is 0 Å². The average molecular weight is 249 g/mol. The molecule has 2 saturated heterocycles.